The van der Waals surface area contributed by atoms with Gasteiger partial charge in [0, 0.05) is 39.3 Å². The molecule has 0 radical (unpaired) electrons. The molecular weight excluding hydrogens is 521 g/mol. The number of likely N-dealkylation sites (tertiary alicyclic amines) is 1. The molecule has 0 bridgehead atoms. The number of amides is 1. The second-order valence-electron chi connectivity index (χ2n) is 7.82. The minimum Gasteiger partial charge on any atom is -0.468 e. The SMILES string of the molecule is CN=C(NCc1ccccc1CN(C)Cc1ccco1)NC1CCN(C(=O)OC)CC1.I. The van der Waals surface area contributed by atoms with E-state index >= 15 is 0 Å². The maximum atomic E-state index is 11.6. The Bertz CT molecular complexity index is 851. The molecule has 3 rings (SSSR count). The number of hydrogen-bond donors (Lipinski definition) is 2. The summed E-state index contributed by atoms with van der Waals surface area (Å²) in [7, 11) is 5.29. The summed E-state index contributed by atoms with van der Waals surface area (Å²) in [6.45, 7) is 3.66. The van der Waals surface area contributed by atoms with Crippen molar-refractivity contribution in [2.24, 2.45) is 4.99 Å². The molecule has 1 amide bonds. The van der Waals surface area contributed by atoms with E-state index in [0.717, 1.165) is 37.7 Å². The van der Waals surface area contributed by atoms with Crippen molar-refractivity contribution in [1.29, 1.82) is 0 Å². The van der Waals surface area contributed by atoms with Crippen molar-refractivity contribution < 1.29 is 13.9 Å². The van der Waals surface area contributed by atoms with Gasteiger partial charge in [-0.2, -0.15) is 0 Å². The molecule has 0 atom stereocenters. The molecule has 1 aliphatic rings. The Balaban J connectivity index is 0.00000363. The topological polar surface area (TPSA) is 82.3 Å². The number of methoxy groups -OCH3 is 1. The van der Waals surface area contributed by atoms with Crippen molar-refractivity contribution in [3.05, 3.63) is 59.5 Å². The Labute approximate surface area is 207 Å². The van der Waals surface area contributed by atoms with Gasteiger partial charge in [0.05, 0.1) is 19.9 Å². The number of halogens is 1. The van der Waals surface area contributed by atoms with E-state index in [0.29, 0.717) is 19.6 Å². The normalized spacial score (nSPS) is 14.8. The van der Waals surface area contributed by atoms with E-state index < -0.39 is 0 Å². The maximum Gasteiger partial charge on any atom is 0.409 e. The first-order valence-corrected chi connectivity index (χ1v) is 10.7. The Hall–Kier alpha value is -2.27. The van der Waals surface area contributed by atoms with E-state index in [1.54, 1.807) is 18.2 Å². The second-order valence-corrected chi connectivity index (χ2v) is 7.82. The summed E-state index contributed by atoms with van der Waals surface area (Å²) in [5, 5.41) is 6.91. The third-order valence-corrected chi connectivity index (χ3v) is 5.50. The number of carbonyl (C=O) groups is 1. The minimum absolute atomic E-state index is 0. The summed E-state index contributed by atoms with van der Waals surface area (Å²) in [6.07, 6.45) is 3.18. The van der Waals surface area contributed by atoms with Gasteiger partial charge in [-0.1, -0.05) is 24.3 Å². The van der Waals surface area contributed by atoms with Gasteiger partial charge in [0.15, 0.2) is 5.96 Å². The van der Waals surface area contributed by atoms with Crippen LogP contribution < -0.4 is 10.6 Å². The highest BCUT2D eigenvalue weighted by Gasteiger charge is 2.23. The second kappa shape index (κ2) is 13.3. The number of carbonyl (C=O) groups excluding carboxylic acids is 1. The molecule has 2 aromatic rings. The Kier molecular flexibility index (Phi) is 10.8. The molecule has 32 heavy (non-hydrogen) atoms. The van der Waals surface area contributed by atoms with E-state index in [1.807, 2.05) is 12.1 Å². The third kappa shape index (κ3) is 7.70. The van der Waals surface area contributed by atoms with Gasteiger partial charge in [-0.25, -0.2) is 4.79 Å². The van der Waals surface area contributed by atoms with E-state index in [2.05, 4.69) is 51.8 Å². The number of furan rings is 1. The Morgan fingerprint density at radius 2 is 1.91 bits per heavy atom. The predicted octanol–water partition coefficient (Wildman–Crippen LogP) is 3.43. The van der Waals surface area contributed by atoms with Gasteiger partial charge >= 0.3 is 6.09 Å². The number of nitrogens with zero attached hydrogens (tertiary/aromatic N) is 3. The number of rotatable bonds is 7. The molecule has 0 unspecified atom stereocenters. The number of aliphatic imine (C=N–C) groups is 1. The molecule has 1 fully saturated rings. The van der Waals surface area contributed by atoms with Gasteiger partial charge in [-0.3, -0.25) is 9.89 Å². The van der Waals surface area contributed by atoms with Crippen molar-refractivity contribution in [1.82, 2.24) is 20.4 Å². The molecule has 8 nitrogen and oxygen atoms in total. The van der Waals surface area contributed by atoms with Gasteiger partial charge in [0.1, 0.15) is 5.76 Å². The van der Waals surface area contributed by atoms with Crippen molar-refractivity contribution in [3.63, 3.8) is 0 Å². The number of guanidine groups is 1. The lowest BCUT2D eigenvalue weighted by atomic mass is 10.1. The van der Waals surface area contributed by atoms with Crippen molar-refractivity contribution in [2.75, 3.05) is 34.3 Å². The monoisotopic (exact) mass is 555 g/mol. The van der Waals surface area contributed by atoms with E-state index in [1.165, 1.54) is 18.2 Å². The molecule has 2 heterocycles. The zero-order valence-electron chi connectivity index (χ0n) is 19.0. The summed E-state index contributed by atoms with van der Waals surface area (Å²) in [6, 6.07) is 12.6. The molecule has 0 aliphatic carbocycles. The van der Waals surface area contributed by atoms with Crippen LogP contribution in [0.25, 0.3) is 0 Å². The lowest BCUT2D eigenvalue weighted by Crippen LogP contribution is -2.49. The number of nitrogens with one attached hydrogen (secondary N) is 2. The smallest absolute Gasteiger partial charge is 0.409 e. The van der Waals surface area contributed by atoms with Crippen LogP contribution in [0.1, 0.15) is 29.7 Å². The average Bonchev–Trinajstić information content (AvgIpc) is 3.30. The van der Waals surface area contributed by atoms with Crippen LogP contribution in [0.3, 0.4) is 0 Å². The van der Waals surface area contributed by atoms with Gasteiger partial charge in [0.25, 0.3) is 0 Å². The molecule has 176 valence electrons. The number of piperidine rings is 1. The quantitative estimate of drug-likeness (QED) is 0.310. The molecule has 1 saturated heterocycles. The van der Waals surface area contributed by atoms with Crippen LogP contribution >= 0.6 is 24.0 Å². The molecule has 0 saturated carbocycles. The van der Waals surface area contributed by atoms with Crippen LogP contribution in [0, 0.1) is 0 Å². The highest BCUT2D eigenvalue weighted by atomic mass is 127. The molecule has 1 aromatic heterocycles. The van der Waals surface area contributed by atoms with Crippen LogP contribution in [-0.4, -0.2) is 62.2 Å². The lowest BCUT2D eigenvalue weighted by Gasteiger charge is -2.32. The summed E-state index contributed by atoms with van der Waals surface area (Å²) >= 11 is 0. The average molecular weight is 555 g/mol. The summed E-state index contributed by atoms with van der Waals surface area (Å²) in [5.74, 6) is 1.73. The number of hydrogen-bond acceptors (Lipinski definition) is 5. The van der Waals surface area contributed by atoms with E-state index in [4.69, 9.17) is 9.15 Å². The molecule has 1 aromatic carbocycles. The van der Waals surface area contributed by atoms with E-state index in [-0.39, 0.29) is 36.1 Å². The Morgan fingerprint density at radius 1 is 1.19 bits per heavy atom. The molecule has 9 heteroatoms. The standard InChI is InChI=1S/C23H33N5O3.HI/c1-24-22(26-20-10-12-28(13-11-20)23(29)30-3)25-15-18-7-4-5-8-19(18)16-27(2)17-21-9-6-14-31-21;/h4-9,14,20H,10-13,15-17H2,1-3H3,(H2,24,25,26);1H. The molecular formula is C23H34IN5O3. The van der Waals surface area contributed by atoms with Gasteiger partial charge in [-0.15, -0.1) is 24.0 Å². The Morgan fingerprint density at radius 3 is 2.53 bits per heavy atom. The number of benzene rings is 1. The van der Waals surface area contributed by atoms with Gasteiger partial charge in [-0.05, 0) is 43.1 Å². The highest BCUT2D eigenvalue weighted by Crippen LogP contribution is 2.14. The summed E-state index contributed by atoms with van der Waals surface area (Å²) < 4.78 is 10.3. The van der Waals surface area contributed by atoms with Crippen LogP contribution in [0.5, 0.6) is 0 Å². The van der Waals surface area contributed by atoms with Crippen molar-refractivity contribution in [3.8, 4) is 0 Å². The number of ether oxygens (including phenoxy) is 1. The van der Waals surface area contributed by atoms with Gasteiger partial charge in [0.2, 0.25) is 0 Å². The summed E-state index contributed by atoms with van der Waals surface area (Å²) in [5.41, 5.74) is 2.50. The molecule has 1 aliphatic heterocycles. The first-order valence-electron chi connectivity index (χ1n) is 10.7. The molecule has 0 spiro atoms. The fourth-order valence-electron chi connectivity index (χ4n) is 3.80. The first kappa shape index (κ1) is 26.0. The zero-order valence-corrected chi connectivity index (χ0v) is 21.4. The first-order chi connectivity index (χ1) is 15.1. The van der Waals surface area contributed by atoms with Crippen molar-refractivity contribution >= 4 is 36.0 Å². The fourth-order valence-corrected chi connectivity index (χ4v) is 3.80. The van der Waals surface area contributed by atoms with Crippen LogP contribution in [0.15, 0.2) is 52.1 Å². The van der Waals surface area contributed by atoms with Crippen LogP contribution in [-0.2, 0) is 24.4 Å². The van der Waals surface area contributed by atoms with E-state index in [9.17, 15) is 4.79 Å². The van der Waals surface area contributed by atoms with Crippen LogP contribution in [0.4, 0.5) is 4.79 Å². The fraction of sp³-hybridized carbons (Fsp3) is 0.478. The van der Waals surface area contributed by atoms with Crippen molar-refractivity contribution in [2.45, 2.75) is 38.5 Å². The zero-order chi connectivity index (χ0) is 22.1. The van der Waals surface area contributed by atoms with Gasteiger partial charge < -0.3 is 24.7 Å². The maximum absolute atomic E-state index is 11.6. The minimum atomic E-state index is -0.255. The highest BCUT2D eigenvalue weighted by molar-refractivity contribution is 14.0. The summed E-state index contributed by atoms with van der Waals surface area (Å²) in [4.78, 5) is 20.0. The largest absolute Gasteiger partial charge is 0.468 e. The molecule has 2 N–H and O–H groups in total. The van der Waals surface area contributed by atoms with Crippen LogP contribution in [0.2, 0.25) is 0 Å². The lowest BCUT2D eigenvalue weighted by molar-refractivity contribution is 0.111. The third-order valence-electron chi connectivity index (χ3n) is 5.50. The predicted molar refractivity (Wildman–Crippen MR) is 136 cm³/mol.